The molecule has 0 aromatic carbocycles. The monoisotopic (exact) mass is 199 g/mol. The summed E-state index contributed by atoms with van der Waals surface area (Å²) in [6, 6.07) is 0. The Bertz CT molecular complexity index is 176. The number of ether oxygens (including phenoxy) is 1. The van der Waals surface area contributed by atoms with E-state index in [9.17, 15) is 4.79 Å². The zero-order valence-electron chi connectivity index (χ0n) is 9.38. The van der Waals surface area contributed by atoms with Gasteiger partial charge in [-0.05, 0) is 39.2 Å². The van der Waals surface area contributed by atoms with Gasteiger partial charge in [-0.15, -0.1) is 0 Å². The van der Waals surface area contributed by atoms with Crippen molar-refractivity contribution in [1.82, 2.24) is 5.32 Å². The number of rotatable bonds is 7. The van der Waals surface area contributed by atoms with Crippen LogP contribution in [0.2, 0.25) is 0 Å². The van der Waals surface area contributed by atoms with Crippen molar-refractivity contribution in [3.05, 3.63) is 12.2 Å². The molecule has 0 aromatic heterocycles. The summed E-state index contributed by atoms with van der Waals surface area (Å²) in [5.41, 5.74) is 0. The molecule has 1 N–H and O–H groups in total. The third kappa shape index (κ3) is 9.26. The van der Waals surface area contributed by atoms with Gasteiger partial charge < -0.3 is 10.1 Å². The Labute approximate surface area is 86.5 Å². The molecule has 82 valence electrons. The Morgan fingerprint density at radius 2 is 2.14 bits per heavy atom. The van der Waals surface area contributed by atoms with Gasteiger partial charge >= 0.3 is 0 Å². The van der Waals surface area contributed by atoms with E-state index in [-0.39, 0.29) is 5.91 Å². The molecule has 0 rings (SSSR count). The molecule has 0 atom stereocenters. The van der Waals surface area contributed by atoms with Crippen LogP contribution in [0.4, 0.5) is 0 Å². The first-order valence-electron chi connectivity index (χ1n) is 5.16. The summed E-state index contributed by atoms with van der Waals surface area (Å²) in [6.07, 6.45) is 6.85. The summed E-state index contributed by atoms with van der Waals surface area (Å²) in [5, 5.41) is 2.53. The number of amides is 1. The number of allylic oxidation sites excluding steroid dienone is 1. The van der Waals surface area contributed by atoms with E-state index in [1.165, 1.54) is 0 Å². The quantitative estimate of drug-likeness (QED) is 0.502. The summed E-state index contributed by atoms with van der Waals surface area (Å²) < 4.78 is 5.39. The number of carbonyl (C=O) groups is 1. The second kappa shape index (κ2) is 8.75. The van der Waals surface area contributed by atoms with Crippen LogP contribution in [0.25, 0.3) is 0 Å². The molecule has 0 unspecified atom stereocenters. The van der Waals surface area contributed by atoms with Crippen LogP contribution in [0.15, 0.2) is 12.2 Å². The van der Waals surface area contributed by atoms with Crippen molar-refractivity contribution >= 4 is 5.91 Å². The number of likely N-dealkylation sites (N-methyl/N-ethyl adjacent to an activating group) is 1. The topological polar surface area (TPSA) is 38.3 Å². The molecule has 0 spiro atoms. The molecule has 0 aliphatic heterocycles. The maximum atomic E-state index is 10.8. The lowest BCUT2D eigenvalue weighted by Crippen LogP contribution is -2.13. The molecule has 3 nitrogen and oxygen atoms in total. The third-order valence-corrected chi connectivity index (χ3v) is 1.73. The van der Waals surface area contributed by atoms with Gasteiger partial charge in [-0.1, -0.05) is 6.08 Å². The molecule has 14 heavy (non-hydrogen) atoms. The molecule has 0 aromatic rings. The lowest BCUT2D eigenvalue weighted by molar-refractivity contribution is -0.116. The van der Waals surface area contributed by atoms with Crippen molar-refractivity contribution in [3.8, 4) is 0 Å². The van der Waals surface area contributed by atoms with Crippen LogP contribution < -0.4 is 5.32 Å². The molecule has 0 bridgehead atoms. The molecule has 0 aliphatic carbocycles. The summed E-state index contributed by atoms with van der Waals surface area (Å²) in [6.45, 7) is 4.88. The van der Waals surface area contributed by atoms with Crippen LogP contribution in [-0.4, -0.2) is 25.7 Å². The molecular weight excluding hydrogens is 178 g/mol. The van der Waals surface area contributed by atoms with Crippen molar-refractivity contribution in [1.29, 1.82) is 0 Å². The molecule has 0 saturated carbocycles. The Morgan fingerprint density at radius 1 is 1.43 bits per heavy atom. The fourth-order valence-corrected chi connectivity index (χ4v) is 0.957. The standard InChI is InChI=1S/C11H21NO2/c1-10(2)14-9-7-5-4-6-8-11(13)12-3/h6,8,10H,4-5,7,9H2,1-3H3,(H,12,13)/b8-6+. The number of hydrogen-bond donors (Lipinski definition) is 1. The van der Waals surface area contributed by atoms with Crippen LogP contribution in [0.5, 0.6) is 0 Å². The maximum Gasteiger partial charge on any atom is 0.243 e. The molecule has 0 heterocycles. The van der Waals surface area contributed by atoms with Crippen molar-refractivity contribution in [2.24, 2.45) is 0 Å². The Balaban J connectivity index is 3.21. The van der Waals surface area contributed by atoms with Gasteiger partial charge in [-0.25, -0.2) is 0 Å². The normalized spacial score (nSPS) is 11.1. The molecule has 3 heteroatoms. The lowest BCUT2D eigenvalue weighted by Gasteiger charge is -2.05. The minimum atomic E-state index is -0.0385. The second-order valence-corrected chi connectivity index (χ2v) is 3.43. The Kier molecular flexibility index (Phi) is 8.24. The highest BCUT2D eigenvalue weighted by molar-refractivity contribution is 5.87. The van der Waals surface area contributed by atoms with Crippen LogP contribution in [0, 0.1) is 0 Å². The average molecular weight is 199 g/mol. The molecule has 1 amide bonds. The minimum absolute atomic E-state index is 0.0385. The van der Waals surface area contributed by atoms with E-state index in [4.69, 9.17) is 4.74 Å². The highest BCUT2D eigenvalue weighted by Gasteiger charge is 1.92. The SMILES string of the molecule is CNC(=O)/C=C/CCCCOC(C)C. The van der Waals surface area contributed by atoms with E-state index < -0.39 is 0 Å². The van der Waals surface area contributed by atoms with Gasteiger partial charge in [0.1, 0.15) is 0 Å². The number of nitrogens with one attached hydrogen (secondary N) is 1. The molecule has 0 saturated heterocycles. The van der Waals surface area contributed by atoms with Crippen LogP contribution >= 0.6 is 0 Å². The molecular formula is C11H21NO2. The van der Waals surface area contributed by atoms with E-state index in [1.807, 2.05) is 19.9 Å². The molecule has 0 radical (unpaired) electrons. The predicted octanol–water partition coefficient (Wildman–Crippen LogP) is 1.88. The predicted molar refractivity (Wildman–Crippen MR) is 58.1 cm³/mol. The van der Waals surface area contributed by atoms with Crippen LogP contribution in [-0.2, 0) is 9.53 Å². The molecule has 0 aliphatic rings. The first-order valence-corrected chi connectivity index (χ1v) is 5.16. The second-order valence-electron chi connectivity index (χ2n) is 3.43. The fraction of sp³-hybridized carbons (Fsp3) is 0.727. The summed E-state index contributed by atoms with van der Waals surface area (Å²) in [5.74, 6) is -0.0385. The minimum Gasteiger partial charge on any atom is -0.379 e. The largest absolute Gasteiger partial charge is 0.379 e. The maximum absolute atomic E-state index is 10.8. The first-order chi connectivity index (χ1) is 6.66. The van der Waals surface area contributed by atoms with Crippen molar-refractivity contribution in [2.75, 3.05) is 13.7 Å². The number of hydrogen-bond acceptors (Lipinski definition) is 2. The zero-order chi connectivity index (χ0) is 10.8. The summed E-state index contributed by atoms with van der Waals surface area (Å²) >= 11 is 0. The fourth-order valence-electron chi connectivity index (χ4n) is 0.957. The van der Waals surface area contributed by atoms with Gasteiger partial charge in [0.15, 0.2) is 0 Å². The van der Waals surface area contributed by atoms with Crippen molar-refractivity contribution in [3.63, 3.8) is 0 Å². The van der Waals surface area contributed by atoms with E-state index in [0.717, 1.165) is 25.9 Å². The van der Waals surface area contributed by atoms with Crippen LogP contribution in [0.3, 0.4) is 0 Å². The van der Waals surface area contributed by atoms with Crippen molar-refractivity contribution in [2.45, 2.75) is 39.2 Å². The Morgan fingerprint density at radius 3 is 2.71 bits per heavy atom. The van der Waals surface area contributed by atoms with Crippen molar-refractivity contribution < 1.29 is 9.53 Å². The van der Waals surface area contributed by atoms with Gasteiger partial charge in [0.25, 0.3) is 0 Å². The summed E-state index contributed by atoms with van der Waals surface area (Å²) in [4.78, 5) is 10.8. The van der Waals surface area contributed by atoms with E-state index in [2.05, 4.69) is 5.32 Å². The number of carbonyl (C=O) groups excluding carboxylic acids is 1. The first kappa shape index (κ1) is 13.2. The van der Waals surface area contributed by atoms with E-state index >= 15 is 0 Å². The average Bonchev–Trinajstić information content (AvgIpc) is 2.15. The van der Waals surface area contributed by atoms with E-state index in [1.54, 1.807) is 13.1 Å². The number of unbranched alkanes of at least 4 members (excludes halogenated alkanes) is 2. The smallest absolute Gasteiger partial charge is 0.243 e. The van der Waals surface area contributed by atoms with Gasteiger partial charge in [0.05, 0.1) is 6.10 Å². The third-order valence-electron chi connectivity index (χ3n) is 1.73. The van der Waals surface area contributed by atoms with Gasteiger partial charge in [0, 0.05) is 13.7 Å². The van der Waals surface area contributed by atoms with Gasteiger partial charge in [0.2, 0.25) is 5.91 Å². The van der Waals surface area contributed by atoms with Crippen LogP contribution in [0.1, 0.15) is 33.1 Å². The summed E-state index contributed by atoms with van der Waals surface area (Å²) in [7, 11) is 1.63. The zero-order valence-corrected chi connectivity index (χ0v) is 9.38. The lowest BCUT2D eigenvalue weighted by atomic mass is 10.2. The Hall–Kier alpha value is -0.830. The van der Waals surface area contributed by atoms with E-state index in [0.29, 0.717) is 6.10 Å². The highest BCUT2D eigenvalue weighted by atomic mass is 16.5. The molecule has 0 fully saturated rings. The van der Waals surface area contributed by atoms with Gasteiger partial charge in [-0.2, -0.15) is 0 Å². The van der Waals surface area contributed by atoms with Gasteiger partial charge in [-0.3, -0.25) is 4.79 Å². The highest BCUT2D eigenvalue weighted by Crippen LogP contribution is 1.98.